The van der Waals surface area contributed by atoms with Crippen molar-refractivity contribution < 1.29 is 4.79 Å². The van der Waals surface area contributed by atoms with Gasteiger partial charge in [-0.25, -0.2) is 9.97 Å². The first kappa shape index (κ1) is 23.7. The molecule has 6 heteroatoms. The summed E-state index contributed by atoms with van der Waals surface area (Å²) in [7, 11) is 0. The van der Waals surface area contributed by atoms with Crippen molar-refractivity contribution in [3.63, 3.8) is 0 Å². The number of hydrogen-bond donors (Lipinski definition) is 0. The van der Waals surface area contributed by atoms with Crippen LogP contribution in [0.1, 0.15) is 67.3 Å². The van der Waals surface area contributed by atoms with Crippen LogP contribution in [0.3, 0.4) is 0 Å². The van der Waals surface area contributed by atoms with Crippen LogP contribution in [0.25, 0.3) is 10.2 Å². The fourth-order valence-electron chi connectivity index (χ4n) is 4.56. The van der Waals surface area contributed by atoms with E-state index in [4.69, 9.17) is 9.97 Å². The predicted octanol–water partition coefficient (Wildman–Crippen LogP) is 5.91. The minimum Gasteiger partial charge on any atom is -0.352 e. The van der Waals surface area contributed by atoms with E-state index in [0.717, 1.165) is 55.5 Å². The molecule has 0 saturated carbocycles. The molecule has 1 aromatic carbocycles. The lowest BCUT2D eigenvalue weighted by atomic mass is 10.1. The average molecular weight is 465 g/mol. The molecule has 1 aliphatic heterocycles. The molecule has 0 N–H and O–H groups in total. The van der Waals surface area contributed by atoms with Crippen LogP contribution < -0.4 is 4.90 Å². The number of carbonyl (C=O) groups is 1. The minimum absolute atomic E-state index is 0.311. The zero-order valence-electron chi connectivity index (χ0n) is 20.3. The fraction of sp³-hybridized carbons (Fsp3) is 0.519. The lowest BCUT2D eigenvalue weighted by Gasteiger charge is -2.36. The van der Waals surface area contributed by atoms with E-state index in [1.165, 1.54) is 47.1 Å². The molecule has 33 heavy (non-hydrogen) atoms. The molecule has 3 aromatic rings. The number of aryl methyl sites for hydroxylation is 2. The van der Waals surface area contributed by atoms with E-state index in [1.807, 2.05) is 11.0 Å². The van der Waals surface area contributed by atoms with Crippen molar-refractivity contribution in [3.05, 3.63) is 52.2 Å². The first-order valence-corrected chi connectivity index (χ1v) is 13.2. The highest BCUT2D eigenvalue weighted by atomic mass is 32.1. The summed E-state index contributed by atoms with van der Waals surface area (Å²) >= 11 is 1.76. The number of aromatic nitrogens is 2. The van der Waals surface area contributed by atoms with Gasteiger partial charge in [0.1, 0.15) is 16.5 Å². The maximum atomic E-state index is 12.7. The Bertz CT molecular complexity index is 1070. The number of nitrogens with zero attached hydrogens (tertiary/aromatic N) is 4. The van der Waals surface area contributed by atoms with Crippen molar-refractivity contribution in [2.45, 2.75) is 65.7 Å². The Hall–Kier alpha value is -2.47. The Morgan fingerprint density at radius 2 is 1.70 bits per heavy atom. The van der Waals surface area contributed by atoms with Gasteiger partial charge in [0.2, 0.25) is 5.91 Å². The summed E-state index contributed by atoms with van der Waals surface area (Å²) in [5.74, 6) is 2.22. The number of fused-ring (bicyclic) bond motifs is 1. The summed E-state index contributed by atoms with van der Waals surface area (Å²) in [6, 6.07) is 10.4. The van der Waals surface area contributed by atoms with Crippen LogP contribution >= 0.6 is 11.3 Å². The van der Waals surface area contributed by atoms with Gasteiger partial charge >= 0.3 is 0 Å². The zero-order chi connectivity index (χ0) is 23.2. The molecule has 0 aliphatic carbocycles. The van der Waals surface area contributed by atoms with Crippen molar-refractivity contribution in [3.8, 4) is 0 Å². The number of hydrogen-bond acceptors (Lipinski definition) is 5. The van der Waals surface area contributed by atoms with Crippen LogP contribution in [0, 0.1) is 13.8 Å². The molecule has 0 radical (unpaired) electrons. The topological polar surface area (TPSA) is 49.3 Å². The monoisotopic (exact) mass is 464 g/mol. The molecule has 3 heterocycles. The Morgan fingerprint density at radius 1 is 0.970 bits per heavy atom. The van der Waals surface area contributed by atoms with Gasteiger partial charge in [-0.15, -0.1) is 11.3 Å². The third kappa shape index (κ3) is 5.72. The first-order valence-electron chi connectivity index (χ1n) is 12.4. The molecule has 0 spiro atoms. The number of piperazine rings is 1. The molecule has 1 fully saturated rings. The van der Waals surface area contributed by atoms with E-state index in [-0.39, 0.29) is 0 Å². The van der Waals surface area contributed by atoms with E-state index in [9.17, 15) is 4.79 Å². The van der Waals surface area contributed by atoms with Crippen LogP contribution in [-0.4, -0.2) is 47.0 Å². The molecular formula is C27H36N4OS. The molecule has 2 aromatic heterocycles. The summed E-state index contributed by atoms with van der Waals surface area (Å²) in [6.45, 7) is 9.76. The van der Waals surface area contributed by atoms with Gasteiger partial charge in [0.25, 0.3) is 0 Å². The van der Waals surface area contributed by atoms with Gasteiger partial charge in [-0.3, -0.25) is 4.79 Å². The van der Waals surface area contributed by atoms with Gasteiger partial charge in [-0.1, -0.05) is 62.9 Å². The van der Waals surface area contributed by atoms with Gasteiger partial charge in [0, 0.05) is 43.9 Å². The molecular weight excluding hydrogens is 428 g/mol. The standard InChI is InChI=1S/C27H36N4OS/c1-4-5-6-7-11-14-24(32)30-15-17-31(18-16-30)26-25-20(2)21(3)33-27(25)29-23(28-26)19-22-12-9-8-10-13-22/h8-10,12-13H,4-7,11,14-19H2,1-3H3. The van der Waals surface area contributed by atoms with E-state index >= 15 is 0 Å². The zero-order valence-corrected chi connectivity index (χ0v) is 21.1. The highest BCUT2D eigenvalue weighted by molar-refractivity contribution is 7.18. The Balaban J connectivity index is 1.47. The highest BCUT2D eigenvalue weighted by Gasteiger charge is 2.25. The highest BCUT2D eigenvalue weighted by Crippen LogP contribution is 2.35. The molecule has 5 nitrogen and oxygen atoms in total. The van der Waals surface area contributed by atoms with E-state index in [2.05, 4.69) is 49.9 Å². The second-order valence-corrected chi connectivity index (χ2v) is 10.3. The largest absolute Gasteiger partial charge is 0.352 e. The summed E-state index contributed by atoms with van der Waals surface area (Å²) in [5.41, 5.74) is 2.50. The number of benzene rings is 1. The number of thiophene rings is 1. The van der Waals surface area contributed by atoms with E-state index in [1.54, 1.807) is 11.3 Å². The summed E-state index contributed by atoms with van der Waals surface area (Å²) < 4.78 is 0. The molecule has 1 amide bonds. The van der Waals surface area contributed by atoms with Crippen molar-refractivity contribution in [2.75, 3.05) is 31.1 Å². The number of anilines is 1. The number of unbranched alkanes of at least 4 members (excludes halogenated alkanes) is 4. The lowest BCUT2D eigenvalue weighted by Crippen LogP contribution is -2.49. The van der Waals surface area contributed by atoms with Gasteiger partial charge in [-0.2, -0.15) is 0 Å². The van der Waals surface area contributed by atoms with Crippen molar-refractivity contribution >= 4 is 33.3 Å². The third-order valence-electron chi connectivity index (χ3n) is 6.69. The van der Waals surface area contributed by atoms with Crippen molar-refractivity contribution in [1.82, 2.24) is 14.9 Å². The smallest absolute Gasteiger partial charge is 0.222 e. The van der Waals surface area contributed by atoms with Crippen molar-refractivity contribution in [2.24, 2.45) is 0 Å². The SMILES string of the molecule is CCCCCCCC(=O)N1CCN(c2nc(Cc3ccccc3)nc3sc(C)c(C)c23)CC1. The van der Waals surface area contributed by atoms with Crippen LogP contribution in [0.15, 0.2) is 30.3 Å². The van der Waals surface area contributed by atoms with Gasteiger partial charge < -0.3 is 9.80 Å². The van der Waals surface area contributed by atoms with Gasteiger partial charge in [0.15, 0.2) is 0 Å². The second-order valence-electron chi connectivity index (χ2n) is 9.12. The fourth-order valence-corrected chi connectivity index (χ4v) is 5.61. The molecule has 0 atom stereocenters. The van der Waals surface area contributed by atoms with E-state index in [0.29, 0.717) is 12.3 Å². The quantitative estimate of drug-likeness (QED) is 0.370. The predicted molar refractivity (Wildman–Crippen MR) is 138 cm³/mol. The molecule has 1 aliphatic rings. The average Bonchev–Trinajstić information content (AvgIpc) is 3.12. The maximum absolute atomic E-state index is 12.7. The lowest BCUT2D eigenvalue weighted by molar-refractivity contribution is -0.131. The summed E-state index contributed by atoms with van der Waals surface area (Å²) in [5, 5.41) is 1.19. The number of amides is 1. The maximum Gasteiger partial charge on any atom is 0.222 e. The third-order valence-corrected chi connectivity index (χ3v) is 7.79. The Kier molecular flexibility index (Phi) is 7.97. The molecule has 0 unspecified atom stereocenters. The Labute approximate surface area is 201 Å². The van der Waals surface area contributed by atoms with Gasteiger partial charge in [-0.05, 0) is 31.4 Å². The number of carbonyl (C=O) groups excluding carboxylic acids is 1. The van der Waals surface area contributed by atoms with Crippen LogP contribution in [0.2, 0.25) is 0 Å². The van der Waals surface area contributed by atoms with E-state index < -0.39 is 0 Å². The van der Waals surface area contributed by atoms with Crippen LogP contribution in [0.5, 0.6) is 0 Å². The molecule has 4 rings (SSSR count). The molecule has 1 saturated heterocycles. The normalized spacial score (nSPS) is 14.3. The Morgan fingerprint density at radius 3 is 2.42 bits per heavy atom. The first-order chi connectivity index (χ1) is 16.1. The van der Waals surface area contributed by atoms with Crippen LogP contribution in [0.4, 0.5) is 5.82 Å². The second kappa shape index (κ2) is 11.1. The summed E-state index contributed by atoms with van der Waals surface area (Å²) in [6.07, 6.45) is 7.35. The molecule has 0 bridgehead atoms. The van der Waals surface area contributed by atoms with Gasteiger partial charge in [0.05, 0.1) is 5.39 Å². The minimum atomic E-state index is 0.311. The van der Waals surface area contributed by atoms with Crippen molar-refractivity contribution in [1.29, 1.82) is 0 Å². The summed E-state index contributed by atoms with van der Waals surface area (Å²) in [4.78, 5) is 29.5. The molecule has 176 valence electrons. The van der Waals surface area contributed by atoms with Crippen LogP contribution in [-0.2, 0) is 11.2 Å². The number of rotatable bonds is 9.